The number of hydrogen-bond acceptors (Lipinski definition) is 5. The van der Waals surface area contributed by atoms with E-state index >= 15 is 0 Å². The Morgan fingerprint density at radius 3 is 2.60 bits per heavy atom. The van der Waals surface area contributed by atoms with Crippen molar-refractivity contribution in [3.63, 3.8) is 0 Å². The highest BCUT2D eigenvalue weighted by molar-refractivity contribution is 7.99. The SMILES string of the molecule is CNc1cc(Sc2ncccc2Cl)nc(C(C)(C)C)n1. The smallest absolute Gasteiger partial charge is 0.137 e. The summed E-state index contributed by atoms with van der Waals surface area (Å²) in [7, 11) is 1.84. The number of rotatable bonds is 3. The molecule has 2 aromatic rings. The lowest BCUT2D eigenvalue weighted by molar-refractivity contribution is 0.539. The molecule has 2 aromatic heterocycles. The molecule has 0 aliphatic rings. The van der Waals surface area contributed by atoms with Gasteiger partial charge < -0.3 is 5.32 Å². The zero-order chi connectivity index (χ0) is 14.8. The van der Waals surface area contributed by atoms with Gasteiger partial charge in [-0.3, -0.25) is 0 Å². The molecule has 0 aliphatic carbocycles. The number of nitrogens with zero attached hydrogens (tertiary/aromatic N) is 3. The number of hydrogen-bond donors (Lipinski definition) is 1. The van der Waals surface area contributed by atoms with Crippen LogP contribution < -0.4 is 5.32 Å². The zero-order valence-corrected chi connectivity index (χ0v) is 13.5. The minimum absolute atomic E-state index is 0.115. The lowest BCUT2D eigenvalue weighted by Crippen LogP contribution is -2.17. The first-order valence-electron chi connectivity index (χ1n) is 6.26. The Bertz CT molecular complexity index is 610. The maximum Gasteiger partial charge on any atom is 0.137 e. The Balaban J connectivity index is 2.39. The first kappa shape index (κ1) is 15.1. The average molecular weight is 309 g/mol. The van der Waals surface area contributed by atoms with Crippen molar-refractivity contribution >= 4 is 29.2 Å². The monoisotopic (exact) mass is 308 g/mol. The summed E-state index contributed by atoms with van der Waals surface area (Å²) < 4.78 is 0. The molecule has 0 saturated heterocycles. The number of aromatic nitrogens is 3. The number of pyridine rings is 1. The van der Waals surface area contributed by atoms with Crippen molar-refractivity contribution in [2.45, 2.75) is 36.2 Å². The van der Waals surface area contributed by atoms with E-state index < -0.39 is 0 Å². The Kier molecular flexibility index (Phi) is 4.50. The summed E-state index contributed by atoms with van der Waals surface area (Å²) in [5, 5.41) is 5.26. The number of halogens is 1. The van der Waals surface area contributed by atoms with Gasteiger partial charge in [0.25, 0.3) is 0 Å². The molecule has 0 radical (unpaired) electrons. The van der Waals surface area contributed by atoms with Crippen molar-refractivity contribution in [2.75, 3.05) is 12.4 Å². The molecule has 0 aliphatic heterocycles. The first-order valence-corrected chi connectivity index (χ1v) is 7.45. The van der Waals surface area contributed by atoms with Gasteiger partial charge in [-0.1, -0.05) is 32.4 Å². The molecule has 0 aromatic carbocycles. The highest BCUT2D eigenvalue weighted by atomic mass is 35.5. The fourth-order valence-electron chi connectivity index (χ4n) is 1.49. The topological polar surface area (TPSA) is 50.7 Å². The summed E-state index contributed by atoms with van der Waals surface area (Å²) in [6.45, 7) is 6.26. The van der Waals surface area contributed by atoms with Crippen molar-refractivity contribution in [3.05, 3.63) is 35.2 Å². The van der Waals surface area contributed by atoms with E-state index in [1.807, 2.05) is 25.2 Å². The predicted octanol–water partition coefficient (Wildman–Crippen LogP) is 4.02. The third-order valence-corrected chi connectivity index (χ3v) is 3.91. The van der Waals surface area contributed by atoms with Gasteiger partial charge in [0.05, 0.1) is 5.02 Å². The van der Waals surface area contributed by atoms with Crippen LogP contribution in [0.1, 0.15) is 26.6 Å². The summed E-state index contributed by atoms with van der Waals surface area (Å²) in [6.07, 6.45) is 1.72. The summed E-state index contributed by atoms with van der Waals surface area (Å²) in [4.78, 5) is 13.4. The predicted molar refractivity (Wildman–Crippen MR) is 83.6 cm³/mol. The molecule has 0 bridgehead atoms. The highest BCUT2D eigenvalue weighted by Crippen LogP contribution is 2.32. The highest BCUT2D eigenvalue weighted by Gasteiger charge is 2.19. The van der Waals surface area contributed by atoms with Crippen LogP contribution in [-0.4, -0.2) is 22.0 Å². The molecule has 0 saturated carbocycles. The quantitative estimate of drug-likeness (QED) is 0.868. The van der Waals surface area contributed by atoms with Crippen LogP contribution in [0.5, 0.6) is 0 Å². The van der Waals surface area contributed by atoms with Crippen LogP contribution in [-0.2, 0) is 5.41 Å². The normalized spacial score (nSPS) is 11.4. The average Bonchev–Trinajstić information content (AvgIpc) is 2.40. The molecule has 0 spiro atoms. The van der Waals surface area contributed by atoms with Crippen LogP contribution in [0.2, 0.25) is 5.02 Å². The second-order valence-corrected chi connectivity index (χ2v) is 6.72. The maximum atomic E-state index is 6.14. The van der Waals surface area contributed by atoms with Gasteiger partial charge in [0.15, 0.2) is 0 Å². The van der Waals surface area contributed by atoms with Gasteiger partial charge in [-0.05, 0) is 23.9 Å². The van der Waals surface area contributed by atoms with E-state index in [1.165, 1.54) is 11.8 Å². The zero-order valence-electron chi connectivity index (χ0n) is 11.9. The van der Waals surface area contributed by atoms with E-state index in [-0.39, 0.29) is 5.41 Å². The number of anilines is 1. The first-order chi connectivity index (χ1) is 9.40. The van der Waals surface area contributed by atoms with Gasteiger partial charge in [-0.2, -0.15) is 0 Å². The van der Waals surface area contributed by atoms with Crippen molar-refractivity contribution in [1.82, 2.24) is 15.0 Å². The molecular weight excluding hydrogens is 292 g/mol. The lowest BCUT2D eigenvalue weighted by atomic mass is 9.96. The molecule has 0 atom stereocenters. The van der Waals surface area contributed by atoms with E-state index in [2.05, 4.69) is 41.0 Å². The van der Waals surface area contributed by atoms with Crippen LogP contribution in [0.15, 0.2) is 34.4 Å². The summed E-state index contributed by atoms with van der Waals surface area (Å²) in [5.41, 5.74) is -0.115. The van der Waals surface area contributed by atoms with E-state index in [0.29, 0.717) is 5.02 Å². The van der Waals surface area contributed by atoms with Gasteiger partial charge in [0, 0.05) is 24.7 Å². The summed E-state index contributed by atoms with van der Waals surface area (Å²) >= 11 is 7.57. The van der Waals surface area contributed by atoms with Gasteiger partial charge in [-0.25, -0.2) is 15.0 Å². The Morgan fingerprint density at radius 2 is 2.00 bits per heavy atom. The second-order valence-electron chi connectivity index (χ2n) is 5.31. The van der Waals surface area contributed by atoms with Crippen molar-refractivity contribution < 1.29 is 0 Å². The van der Waals surface area contributed by atoms with E-state index in [0.717, 1.165) is 21.7 Å². The molecule has 6 heteroatoms. The van der Waals surface area contributed by atoms with Crippen molar-refractivity contribution in [2.24, 2.45) is 0 Å². The Hall–Kier alpha value is -1.33. The van der Waals surface area contributed by atoms with Gasteiger partial charge in [0.1, 0.15) is 21.7 Å². The molecule has 0 unspecified atom stereocenters. The summed E-state index contributed by atoms with van der Waals surface area (Å²) in [6, 6.07) is 5.53. The van der Waals surface area contributed by atoms with Gasteiger partial charge in [0.2, 0.25) is 0 Å². The molecule has 0 fully saturated rings. The molecule has 1 N–H and O–H groups in total. The van der Waals surface area contributed by atoms with Crippen LogP contribution in [0, 0.1) is 0 Å². The van der Waals surface area contributed by atoms with Gasteiger partial charge >= 0.3 is 0 Å². The molecule has 0 amide bonds. The number of nitrogens with one attached hydrogen (secondary N) is 1. The van der Waals surface area contributed by atoms with Crippen molar-refractivity contribution in [1.29, 1.82) is 0 Å². The van der Waals surface area contributed by atoms with E-state index in [9.17, 15) is 0 Å². The largest absolute Gasteiger partial charge is 0.373 e. The Labute approximate surface area is 128 Å². The fraction of sp³-hybridized carbons (Fsp3) is 0.357. The fourth-order valence-corrected chi connectivity index (χ4v) is 2.50. The van der Waals surface area contributed by atoms with E-state index in [1.54, 1.807) is 6.20 Å². The lowest BCUT2D eigenvalue weighted by Gasteiger charge is -2.18. The molecular formula is C14H17ClN4S. The van der Waals surface area contributed by atoms with Crippen LogP contribution in [0.25, 0.3) is 0 Å². The maximum absolute atomic E-state index is 6.14. The van der Waals surface area contributed by atoms with E-state index in [4.69, 9.17) is 11.6 Å². The molecule has 20 heavy (non-hydrogen) atoms. The summed E-state index contributed by atoms with van der Waals surface area (Å²) in [5.74, 6) is 1.58. The third kappa shape index (κ3) is 3.61. The minimum atomic E-state index is -0.115. The minimum Gasteiger partial charge on any atom is -0.373 e. The molecule has 2 heterocycles. The third-order valence-electron chi connectivity index (χ3n) is 2.56. The Morgan fingerprint density at radius 1 is 1.25 bits per heavy atom. The second kappa shape index (κ2) is 5.97. The standard InChI is InChI=1S/C14H17ClN4S/c1-14(2,3)13-18-10(16-4)8-11(19-13)20-12-9(15)6-5-7-17-12/h5-8H,1-4H3,(H,16,18,19). The van der Waals surface area contributed by atoms with Crippen molar-refractivity contribution in [3.8, 4) is 0 Å². The van der Waals surface area contributed by atoms with Gasteiger partial charge in [-0.15, -0.1) is 0 Å². The van der Waals surface area contributed by atoms with Crippen LogP contribution in [0.3, 0.4) is 0 Å². The van der Waals surface area contributed by atoms with Crippen LogP contribution >= 0.6 is 23.4 Å². The molecule has 2 rings (SSSR count). The van der Waals surface area contributed by atoms with Crippen LogP contribution in [0.4, 0.5) is 5.82 Å². The molecule has 106 valence electrons. The molecule has 4 nitrogen and oxygen atoms in total.